The topological polar surface area (TPSA) is 29.5 Å². The molecule has 228 valence electrons. The lowest BCUT2D eigenvalue weighted by molar-refractivity contribution is 0.633. The molecule has 0 N–H and O–H groups in total. The first-order valence-corrected chi connectivity index (χ1v) is 16.5. The second-order valence-corrected chi connectivity index (χ2v) is 13.3. The Morgan fingerprint density at radius 3 is 1.98 bits per heavy atom. The molecule has 0 fully saturated rings. The van der Waals surface area contributed by atoms with Crippen LogP contribution < -0.4 is 4.90 Å². The lowest BCUT2D eigenvalue weighted by Gasteiger charge is -2.28. The summed E-state index contributed by atoms with van der Waals surface area (Å²) in [5.41, 5.74) is 14.1. The van der Waals surface area contributed by atoms with Crippen molar-refractivity contribution in [2.75, 3.05) is 4.90 Å². The normalized spacial score (nSPS) is 13.4. The Bertz CT molecular complexity index is 2690. The van der Waals surface area contributed by atoms with Gasteiger partial charge in [-0.25, -0.2) is 0 Å². The van der Waals surface area contributed by atoms with Gasteiger partial charge >= 0.3 is 0 Å². The van der Waals surface area contributed by atoms with Crippen LogP contribution in [0.25, 0.3) is 66.1 Å². The van der Waals surface area contributed by atoms with Crippen LogP contribution in [0.15, 0.2) is 160 Å². The minimum atomic E-state index is -0.119. The number of hydrogen-bond acceptors (Lipinski definition) is 3. The molecule has 0 saturated heterocycles. The summed E-state index contributed by atoms with van der Waals surface area (Å²) in [4.78, 5) is 2.38. The lowest BCUT2D eigenvalue weighted by Crippen LogP contribution is -2.16. The van der Waals surface area contributed by atoms with Gasteiger partial charge in [0.05, 0.1) is 11.1 Å². The van der Waals surface area contributed by atoms with Gasteiger partial charge in [-0.1, -0.05) is 111 Å². The highest BCUT2D eigenvalue weighted by Crippen LogP contribution is 2.52. The second-order valence-electron chi connectivity index (χ2n) is 13.3. The first-order valence-electron chi connectivity index (χ1n) is 16.5. The largest absolute Gasteiger partial charge is 0.452 e. The Labute approximate surface area is 278 Å². The number of benzene rings is 7. The van der Waals surface area contributed by atoms with E-state index in [-0.39, 0.29) is 5.41 Å². The molecule has 0 spiro atoms. The zero-order valence-electron chi connectivity index (χ0n) is 26.7. The van der Waals surface area contributed by atoms with Crippen LogP contribution in [0.5, 0.6) is 0 Å². The van der Waals surface area contributed by atoms with Crippen LogP contribution in [-0.4, -0.2) is 0 Å². The predicted molar refractivity (Wildman–Crippen MR) is 199 cm³/mol. The number of nitrogens with zero attached hydrogens (tertiary/aromatic N) is 1. The minimum Gasteiger partial charge on any atom is -0.452 e. The van der Waals surface area contributed by atoms with Crippen LogP contribution in [0, 0.1) is 0 Å². The van der Waals surface area contributed by atoms with E-state index in [1.54, 1.807) is 0 Å². The van der Waals surface area contributed by atoms with Gasteiger partial charge in [0.2, 0.25) is 0 Å². The van der Waals surface area contributed by atoms with Crippen LogP contribution in [0.3, 0.4) is 0 Å². The molecule has 0 aliphatic heterocycles. The fraction of sp³-hybridized carbons (Fsp3) is 0.0667. The maximum Gasteiger partial charge on any atom is 0.178 e. The Hall–Kier alpha value is -6.06. The SMILES string of the molecule is CC1(C)c2ccccc2-c2ccc(N(c3ccc(-c4ccccc4)cc3)c3cccc4oc5c(ccc6c7ccccc7oc65)c34)cc21. The van der Waals surface area contributed by atoms with Crippen molar-refractivity contribution in [2.24, 2.45) is 0 Å². The molecule has 7 aromatic carbocycles. The predicted octanol–water partition coefficient (Wildman–Crippen LogP) is 12.9. The zero-order chi connectivity index (χ0) is 32.0. The number of anilines is 3. The molecule has 48 heavy (non-hydrogen) atoms. The van der Waals surface area contributed by atoms with Crippen LogP contribution >= 0.6 is 0 Å². The quantitative estimate of drug-likeness (QED) is 0.197. The van der Waals surface area contributed by atoms with Gasteiger partial charge in [0, 0.05) is 32.9 Å². The molecule has 0 unspecified atom stereocenters. The van der Waals surface area contributed by atoms with Crippen LogP contribution in [0.1, 0.15) is 25.0 Å². The number of rotatable bonds is 4. The molecule has 0 bridgehead atoms. The van der Waals surface area contributed by atoms with Gasteiger partial charge < -0.3 is 13.7 Å². The molecule has 3 heteroatoms. The van der Waals surface area contributed by atoms with Crippen molar-refractivity contribution in [2.45, 2.75) is 19.3 Å². The number of fused-ring (bicyclic) bond motifs is 10. The third-order valence-electron chi connectivity index (χ3n) is 10.3. The fourth-order valence-electron chi connectivity index (χ4n) is 7.93. The molecule has 1 aliphatic carbocycles. The van der Waals surface area contributed by atoms with Gasteiger partial charge in [-0.2, -0.15) is 0 Å². The summed E-state index contributed by atoms with van der Waals surface area (Å²) in [5.74, 6) is 0. The van der Waals surface area contributed by atoms with Crippen LogP contribution in [0.2, 0.25) is 0 Å². The Morgan fingerprint density at radius 2 is 1.10 bits per heavy atom. The van der Waals surface area contributed by atoms with E-state index in [2.05, 4.69) is 158 Å². The van der Waals surface area contributed by atoms with Crippen molar-refractivity contribution < 1.29 is 8.83 Å². The number of para-hydroxylation sites is 1. The lowest BCUT2D eigenvalue weighted by atomic mass is 9.82. The summed E-state index contributed by atoms with van der Waals surface area (Å²) in [6.45, 7) is 4.67. The van der Waals surface area contributed by atoms with E-state index in [0.29, 0.717) is 0 Å². The third kappa shape index (κ3) is 3.82. The monoisotopic (exact) mass is 617 g/mol. The van der Waals surface area contributed by atoms with Gasteiger partial charge in [0.15, 0.2) is 11.2 Å². The van der Waals surface area contributed by atoms with E-state index in [0.717, 1.165) is 60.9 Å². The molecule has 2 aromatic heterocycles. The standard InChI is InChI=1S/C45H31NO2/c1-45(2)37-15-8-6-13-32(37)33-24-23-31(27-38(33)45)46(30-21-19-29(20-22-30)28-11-4-3-5-12-28)39-16-10-18-41-42(39)36-26-25-35-34-14-7-9-17-40(34)47-43(35)44(36)48-41/h3-27H,1-2H3. The average Bonchev–Trinajstić information content (AvgIpc) is 3.78. The zero-order valence-corrected chi connectivity index (χ0v) is 26.7. The summed E-state index contributed by atoms with van der Waals surface area (Å²) in [6, 6.07) is 54.1. The van der Waals surface area contributed by atoms with Crippen molar-refractivity contribution in [1.29, 1.82) is 0 Å². The Balaban J connectivity index is 1.22. The molecule has 0 amide bonds. The van der Waals surface area contributed by atoms with E-state index in [1.807, 2.05) is 12.1 Å². The molecular formula is C45H31NO2. The summed E-state index contributed by atoms with van der Waals surface area (Å²) in [7, 11) is 0. The Kier molecular flexibility index (Phi) is 5.63. The molecule has 0 radical (unpaired) electrons. The molecule has 2 heterocycles. The maximum atomic E-state index is 6.66. The van der Waals surface area contributed by atoms with Crippen molar-refractivity contribution in [3.05, 3.63) is 163 Å². The maximum absolute atomic E-state index is 6.66. The molecule has 3 nitrogen and oxygen atoms in total. The number of furan rings is 2. The number of hydrogen-bond donors (Lipinski definition) is 0. The molecule has 0 saturated carbocycles. The Morgan fingerprint density at radius 1 is 0.458 bits per heavy atom. The minimum absolute atomic E-state index is 0.119. The van der Waals surface area contributed by atoms with E-state index in [4.69, 9.17) is 8.83 Å². The molecule has 0 atom stereocenters. The van der Waals surface area contributed by atoms with E-state index in [9.17, 15) is 0 Å². The first-order chi connectivity index (χ1) is 23.6. The van der Waals surface area contributed by atoms with Gasteiger partial charge in [-0.05, 0) is 88.0 Å². The van der Waals surface area contributed by atoms with E-state index >= 15 is 0 Å². The smallest absolute Gasteiger partial charge is 0.178 e. The van der Waals surface area contributed by atoms with Gasteiger partial charge in [-0.3, -0.25) is 0 Å². The van der Waals surface area contributed by atoms with Crippen LogP contribution in [-0.2, 0) is 5.41 Å². The molecule has 10 rings (SSSR count). The van der Waals surface area contributed by atoms with E-state index < -0.39 is 0 Å². The van der Waals surface area contributed by atoms with Crippen molar-refractivity contribution in [3.8, 4) is 22.3 Å². The summed E-state index contributed by atoms with van der Waals surface area (Å²) < 4.78 is 13.1. The van der Waals surface area contributed by atoms with Crippen molar-refractivity contribution >= 4 is 60.9 Å². The van der Waals surface area contributed by atoms with Gasteiger partial charge in [0.25, 0.3) is 0 Å². The molecule has 9 aromatic rings. The summed E-state index contributed by atoms with van der Waals surface area (Å²) in [6.07, 6.45) is 0. The van der Waals surface area contributed by atoms with Crippen molar-refractivity contribution in [1.82, 2.24) is 0 Å². The summed E-state index contributed by atoms with van der Waals surface area (Å²) in [5, 5.41) is 4.25. The molecular weight excluding hydrogens is 587 g/mol. The third-order valence-corrected chi connectivity index (χ3v) is 10.3. The summed E-state index contributed by atoms with van der Waals surface area (Å²) >= 11 is 0. The molecule has 1 aliphatic rings. The second kappa shape index (κ2) is 9.97. The first kappa shape index (κ1) is 27.1. The fourth-order valence-corrected chi connectivity index (χ4v) is 7.93. The van der Waals surface area contributed by atoms with Crippen LogP contribution in [0.4, 0.5) is 17.1 Å². The highest BCUT2D eigenvalue weighted by atomic mass is 16.4. The average molecular weight is 618 g/mol. The van der Waals surface area contributed by atoms with Crippen molar-refractivity contribution in [3.63, 3.8) is 0 Å². The highest BCUT2D eigenvalue weighted by molar-refractivity contribution is 6.22. The van der Waals surface area contributed by atoms with Gasteiger partial charge in [-0.15, -0.1) is 0 Å². The van der Waals surface area contributed by atoms with E-state index in [1.165, 1.54) is 33.4 Å². The highest BCUT2D eigenvalue weighted by Gasteiger charge is 2.36. The van der Waals surface area contributed by atoms with Gasteiger partial charge in [0.1, 0.15) is 11.2 Å².